The van der Waals surface area contributed by atoms with Crippen molar-refractivity contribution in [1.29, 1.82) is 0 Å². The lowest BCUT2D eigenvalue weighted by molar-refractivity contribution is -0.120. The lowest BCUT2D eigenvalue weighted by atomic mass is 10.2. The number of thiophene rings is 1. The molecular formula is C15H17N3OS. The van der Waals surface area contributed by atoms with E-state index in [1.54, 1.807) is 18.3 Å². The topological polar surface area (TPSA) is 68.0 Å². The quantitative estimate of drug-likeness (QED) is 0.904. The molecule has 1 amide bonds. The van der Waals surface area contributed by atoms with Gasteiger partial charge in [-0.3, -0.25) is 9.78 Å². The molecular weight excluding hydrogens is 270 g/mol. The number of nitrogen functional groups attached to an aromatic ring is 1. The van der Waals surface area contributed by atoms with Gasteiger partial charge in [0.05, 0.1) is 24.8 Å². The van der Waals surface area contributed by atoms with Gasteiger partial charge in [0.2, 0.25) is 5.91 Å². The Hall–Kier alpha value is -1.88. The highest BCUT2D eigenvalue weighted by Gasteiger charge is 2.15. The summed E-state index contributed by atoms with van der Waals surface area (Å²) < 4.78 is 0. The molecule has 20 heavy (non-hydrogen) atoms. The lowest BCUT2D eigenvalue weighted by Crippen LogP contribution is -2.24. The van der Waals surface area contributed by atoms with Crippen molar-refractivity contribution in [2.24, 2.45) is 0 Å². The molecule has 5 heteroatoms. The Kier molecular flexibility index (Phi) is 3.69. The number of anilines is 1. The predicted octanol–water partition coefficient (Wildman–Crippen LogP) is 2.07. The summed E-state index contributed by atoms with van der Waals surface area (Å²) in [6, 6.07) is 5.78. The zero-order chi connectivity index (χ0) is 13.9. The molecule has 1 aliphatic rings. The van der Waals surface area contributed by atoms with E-state index in [0.717, 1.165) is 5.69 Å². The molecule has 0 fully saturated rings. The van der Waals surface area contributed by atoms with Crippen molar-refractivity contribution < 1.29 is 4.79 Å². The van der Waals surface area contributed by atoms with Crippen LogP contribution in [0.15, 0.2) is 24.4 Å². The second kappa shape index (κ2) is 5.63. The van der Waals surface area contributed by atoms with Gasteiger partial charge in [-0.2, -0.15) is 0 Å². The van der Waals surface area contributed by atoms with Crippen LogP contribution in [0.3, 0.4) is 0 Å². The zero-order valence-electron chi connectivity index (χ0n) is 11.2. The summed E-state index contributed by atoms with van der Waals surface area (Å²) in [5.74, 6) is -0.00386. The Bertz CT molecular complexity index is 597. The van der Waals surface area contributed by atoms with E-state index in [1.807, 2.05) is 11.3 Å². The van der Waals surface area contributed by atoms with Crippen LogP contribution < -0.4 is 11.1 Å². The van der Waals surface area contributed by atoms with Crippen LogP contribution in [0.4, 0.5) is 5.69 Å². The van der Waals surface area contributed by atoms with E-state index >= 15 is 0 Å². The van der Waals surface area contributed by atoms with Gasteiger partial charge < -0.3 is 11.1 Å². The van der Waals surface area contributed by atoms with Crippen LogP contribution in [0.1, 0.15) is 27.4 Å². The number of fused-ring (bicyclic) bond motifs is 1. The molecule has 0 radical (unpaired) electrons. The Morgan fingerprint density at radius 2 is 2.30 bits per heavy atom. The number of pyridine rings is 1. The van der Waals surface area contributed by atoms with Crippen LogP contribution in [-0.4, -0.2) is 10.9 Å². The first-order valence-electron chi connectivity index (χ1n) is 6.78. The number of nitrogens with one attached hydrogen (secondary N) is 1. The minimum absolute atomic E-state index is 0.00386. The van der Waals surface area contributed by atoms with Gasteiger partial charge in [-0.15, -0.1) is 11.3 Å². The maximum atomic E-state index is 11.9. The molecule has 2 aromatic rings. The second-order valence-corrected chi connectivity index (χ2v) is 6.27. The summed E-state index contributed by atoms with van der Waals surface area (Å²) >= 11 is 1.83. The maximum Gasteiger partial charge on any atom is 0.226 e. The molecule has 0 spiro atoms. The van der Waals surface area contributed by atoms with Gasteiger partial charge >= 0.3 is 0 Å². The maximum absolute atomic E-state index is 11.9. The molecule has 0 aliphatic heterocycles. The summed E-state index contributed by atoms with van der Waals surface area (Å²) in [6.45, 7) is 0.617. The minimum atomic E-state index is -0.00386. The molecule has 3 N–H and O–H groups in total. The molecule has 104 valence electrons. The lowest BCUT2D eigenvalue weighted by Gasteiger charge is -2.04. The van der Waals surface area contributed by atoms with Gasteiger partial charge in [-0.25, -0.2) is 0 Å². The van der Waals surface area contributed by atoms with Crippen molar-refractivity contribution in [3.63, 3.8) is 0 Å². The van der Waals surface area contributed by atoms with Crippen molar-refractivity contribution in [1.82, 2.24) is 10.3 Å². The van der Waals surface area contributed by atoms with Gasteiger partial charge in [0, 0.05) is 15.4 Å². The summed E-state index contributed by atoms with van der Waals surface area (Å²) in [6.07, 6.45) is 5.53. The number of hydrogen-bond donors (Lipinski definition) is 2. The fourth-order valence-electron chi connectivity index (χ4n) is 2.43. The molecule has 0 aromatic carbocycles. The van der Waals surface area contributed by atoms with Crippen LogP contribution in [0.5, 0.6) is 0 Å². The standard InChI is InChI=1S/C15H17N3OS/c16-11-4-5-12(17-8-11)7-15(19)18-9-13-6-10-2-1-3-14(10)20-13/h4-6,8H,1-3,7,9,16H2,(H,18,19). The van der Waals surface area contributed by atoms with Gasteiger partial charge in [0.1, 0.15) is 0 Å². The van der Waals surface area contributed by atoms with E-state index in [2.05, 4.69) is 16.4 Å². The molecule has 0 saturated carbocycles. The van der Waals surface area contributed by atoms with Gasteiger partial charge in [-0.05, 0) is 43.0 Å². The smallest absolute Gasteiger partial charge is 0.226 e. The van der Waals surface area contributed by atoms with E-state index in [1.165, 1.54) is 34.6 Å². The first kappa shape index (κ1) is 13.1. The molecule has 2 heterocycles. The largest absolute Gasteiger partial charge is 0.397 e. The monoisotopic (exact) mass is 287 g/mol. The highest BCUT2D eigenvalue weighted by atomic mass is 32.1. The predicted molar refractivity (Wildman–Crippen MR) is 80.5 cm³/mol. The fourth-order valence-corrected chi connectivity index (χ4v) is 3.63. The first-order chi connectivity index (χ1) is 9.70. The molecule has 1 aliphatic carbocycles. The molecule has 0 unspecified atom stereocenters. The van der Waals surface area contributed by atoms with Gasteiger partial charge in [0.15, 0.2) is 0 Å². The number of carbonyl (C=O) groups excluding carboxylic acids is 1. The highest BCUT2D eigenvalue weighted by Crippen LogP contribution is 2.30. The summed E-state index contributed by atoms with van der Waals surface area (Å²) in [4.78, 5) is 18.7. The normalized spacial score (nSPS) is 13.2. The van der Waals surface area contributed by atoms with Gasteiger partial charge in [0.25, 0.3) is 0 Å². The number of hydrogen-bond acceptors (Lipinski definition) is 4. The Labute approximate surface area is 122 Å². The van der Waals surface area contributed by atoms with E-state index in [0.29, 0.717) is 18.7 Å². The molecule has 4 nitrogen and oxygen atoms in total. The van der Waals surface area contributed by atoms with Crippen molar-refractivity contribution in [2.45, 2.75) is 32.2 Å². The SMILES string of the molecule is Nc1ccc(CC(=O)NCc2cc3c(s2)CCC3)nc1. The van der Waals surface area contributed by atoms with Crippen LogP contribution in [-0.2, 0) is 30.6 Å². The molecule has 0 bridgehead atoms. The average Bonchev–Trinajstić information content (AvgIpc) is 3.00. The number of rotatable bonds is 4. The molecule has 0 atom stereocenters. The van der Waals surface area contributed by atoms with Crippen LogP contribution in [0.2, 0.25) is 0 Å². The molecule has 0 saturated heterocycles. The average molecular weight is 287 g/mol. The molecule has 3 rings (SSSR count). The second-order valence-electron chi connectivity index (χ2n) is 5.05. The third kappa shape index (κ3) is 2.99. The van der Waals surface area contributed by atoms with Crippen molar-refractivity contribution in [3.8, 4) is 0 Å². The molecule has 2 aromatic heterocycles. The number of aryl methyl sites for hydroxylation is 2. The van der Waals surface area contributed by atoms with Crippen molar-refractivity contribution in [3.05, 3.63) is 45.4 Å². The number of aromatic nitrogens is 1. The van der Waals surface area contributed by atoms with Gasteiger partial charge in [-0.1, -0.05) is 0 Å². The van der Waals surface area contributed by atoms with E-state index < -0.39 is 0 Å². The Morgan fingerprint density at radius 1 is 1.40 bits per heavy atom. The van der Waals surface area contributed by atoms with E-state index in [4.69, 9.17) is 5.73 Å². The summed E-state index contributed by atoms with van der Waals surface area (Å²) in [5, 5.41) is 2.95. The Balaban J connectivity index is 1.52. The highest BCUT2D eigenvalue weighted by molar-refractivity contribution is 7.12. The van der Waals surface area contributed by atoms with E-state index in [9.17, 15) is 4.79 Å². The van der Waals surface area contributed by atoms with Crippen LogP contribution >= 0.6 is 11.3 Å². The fraction of sp³-hybridized carbons (Fsp3) is 0.333. The summed E-state index contributed by atoms with van der Waals surface area (Å²) in [5.41, 5.74) is 8.39. The first-order valence-corrected chi connectivity index (χ1v) is 7.60. The number of carbonyl (C=O) groups is 1. The van der Waals surface area contributed by atoms with E-state index in [-0.39, 0.29) is 5.91 Å². The van der Waals surface area contributed by atoms with Crippen LogP contribution in [0.25, 0.3) is 0 Å². The number of amides is 1. The third-order valence-electron chi connectivity index (χ3n) is 3.45. The summed E-state index contributed by atoms with van der Waals surface area (Å²) in [7, 11) is 0. The zero-order valence-corrected chi connectivity index (χ0v) is 12.0. The number of nitrogens with two attached hydrogens (primary N) is 1. The van der Waals surface area contributed by atoms with Crippen molar-refractivity contribution in [2.75, 3.05) is 5.73 Å². The third-order valence-corrected chi connectivity index (χ3v) is 4.68. The van der Waals surface area contributed by atoms with Crippen molar-refractivity contribution >= 4 is 22.9 Å². The minimum Gasteiger partial charge on any atom is -0.397 e. The van der Waals surface area contributed by atoms with Crippen LogP contribution in [0, 0.1) is 0 Å². The number of nitrogens with zero attached hydrogens (tertiary/aromatic N) is 1. The Morgan fingerprint density at radius 3 is 3.05 bits per heavy atom.